The highest BCUT2D eigenvalue weighted by Gasteiger charge is 2.29. The first-order valence-electron chi connectivity index (χ1n) is 11.6. The van der Waals surface area contributed by atoms with Gasteiger partial charge >= 0.3 is 0 Å². The molecule has 0 saturated carbocycles. The lowest BCUT2D eigenvalue weighted by atomic mass is 9.95. The number of carbonyl (C=O) groups is 1. The molecule has 0 bridgehead atoms. The van der Waals surface area contributed by atoms with E-state index in [9.17, 15) is 4.79 Å². The highest BCUT2D eigenvalue weighted by molar-refractivity contribution is 6.07. The van der Waals surface area contributed by atoms with Crippen molar-refractivity contribution in [3.8, 4) is 11.3 Å². The molecule has 5 aromatic rings. The van der Waals surface area contributed by atoms with Gasteiger partial charge in [-0.05, 0) is 38.0 Å². The molecule has 6 rings (SSSR count). The van der Waals surface area contributed by atoms with Gasteiger partial charge in [-0.15, -0.1) is 10.2 Å². The molecule has 1 fully saturated rings. The Bertz CT molecular complexity index is 1510. The van der Waals surface area contributed by atoms with Crippen LogP contribution in [0.1, 0.15) is 40.6 Å². The Labute approximate surface area is 196 Å². The number of fused-ring (bicyclic) bond motifs is 2. The van der Waals surface area contributed by atoms with Gasteiger partial charge in [-0.25, -0.2) is 4.98 Å². The van der Waals surface area contributed by atoms with Gasteiger partial charge in [-0.2, -0.15) is 5.10 Å². The fraction of sp³-hybridized carbons (Fsp3) is 0.269. The van der Waals surface area contributed by atoms with Crippen molar-refractivity contribution >= 4 is 22.6 Å². The van der Waals surface area contributed by atoms with E-state index in [4.69, 9.17) is 4.98 Å². The van der Waals surface area contributed by atoms with E-state index in [1.807, 2.05) is 79.7 Å². The summed E-state index contributed by atoms with van der Waals surface area (Å²) in [5.74, 6) is 1.28. The van der Waals surface area contributed by atoms with E-state index in [-0.39, 0.29) is 11.8 Å². The standard InChI is InChI=1S/C26H25N7O/c1-17-23-20(16-21(18-8-4-3-5-9-18)27-25(23)31(2)30-17)26(34)32-14-11-19(12-15-32)24-29-28-22-10-6-7-13-33(22)24/h3-10,13,16,19H,11-12,14-15H2,1-2H3. The zero-order valence-electron chi connectivity index (χ0n) is 19.2. The number of hydrogen-bond acceptors (Lipinski definition) is 5. The van der Waals surface area contributed by atoms with Crippen LogP contribution in [0.2, 0.25) is 0 Å². The lowest BCUT2D eigenvalue weighted by Crippen LogP contribution is -2.38. The first-order chi connectivity index (χ1) is 16.6. The highest BCUT2D eigenvalue weighted by atomic mass is 16.2. The van der Waals surface area contributed by atoms with Gasteiger partial charge in [0.2, 0.25) is 0 Å². The number of nitrogens with zero attached hydrogens (tertiary/aromatic N) is 7. The minimum Gasteiger partial charge on any atom is -0.339 e. The van der Waals surface area contributed by atoms with Gasteiger partial charge in [0.05, 0.1) is 22.3 Å². The number of aryl methyl sites for hydroxylation is 2. The normalized spacial score (nSPS) is 14.8. The zero-order chi connectivity index (χ0) is 23.2. The number of hydrogen-bond donors (Lipinski definition) is 0. The van der Waals surface area contributed by atoms with Crippen molar-refractivity contribution in [1.29, 1.82) is 0 Å². The second-order valence-electron chi connectivity index (χ2n) is 8.88. The molecule has 1 aliphatic rings. The molecular formula is C26H25N7O. The molecule has 1 saturated heterocycles. The predicted octanol–water partition coefficient (Wildman–Crippen LogP) is 4.01. The van der Waals surface area contributed by atoms with Crippen LogP contribution in [-0.2, 0) is 7.05 Å². The summed E-state index contributed by atoms with van der Waals surface area (Å²) in [4.78, 5) is 20.6. The third-order valence-electron chi connectivity index (χ3n) is 6.76. The fourth-order valence-corrected chi connectivity index (χ4v) is 5.02. The summed E-state index contributed by atoms with van der Waals surface area (Å²) < 4.78 is 3.82. The number of amides is 1. The Balaban J connectivity index is 1.32. The highest BCUT2D eigenvalue weighted by Crippen LogP contribution is 2.31. The fourth-order valence-electron chi connectivity index (χ4n) is 5.02. The number of carbonyl (C=O) groups excluding carboxylic acids is 1. The number of likely N-dealkylation sites (tertiary alicyclic amines) is 1. The summed E-state index contributed by atoms with van der Waals surface area (Å²) in [6.07, 6.45) is 3.71. The van der Waals surface area contributed by atoms with Gasteiger partial charge in [-0.1, -0.05) is 36.4 Å². The van der Waals surface area contributed by atoms with Gasteiger partial charge in [0, 0.05) is 37.8 Å². The third-order valence-corrected chi connectivity index (χ3v) is 6.76. The van der Waals surface area contributed by atoms with Crippen molar-refractivity contribution in [2.75, 3.05) is 13.1 Å². The van der Waals surface area contributed by atoms with Crippen LogP contribution in [0.4, 0.5) is 0 Å². The molecule has 34 heavy (non-hydrogen) atoms. The Morgan fingerprint density at radius 1 is 1.00 bits per heavy atom. The van der Waals surface area contributed by atoms with Gasteiger partial charge in [0.15, 0.2) is 11.3 Å². The summed E-state index contributed by atoms with van der Waals surface area (Å²) >= 11 is 0. The van der Waals surface area contributed by atoms with Crippen LogP contribution in [0.25, 0.3) is 27.9 Å². The third kappa shape index (κ3) is 3.34. The minimum absolute atomic E-state index is 0.0326. The SMILES string of the molecule is Cc1nn(C)c2nc(-c3ccccc3)cc(C(=O)N3CCC(c4nnc5ccccn45)CC3)c12. The molecule has 8 heteroatoms. The van der Waals surface area contributed by atoms with Crippen LogP contribution in [-0.4, -0.2) is 53.3 Å². The van der Waals surface area contributed by atoms with E-state index in [0.717, 1.165) is 52.3 Å². The molecule has 0 spiro atoms. The van der Waals surface area contributed by atoms with Gasteiger partial charge in [0.25, 0.3) is 5.91 Å². The number of piperidine rings is 1. The summed E-state index contributed by atoms with van der Waals surface area (Å²) in [5.41, 5.74) is 4.83. The van der Waals surface area contributed by atoms with Crippen molar-refractivity contribution in [3.05, 3.63) is 77.9 Å². The van der Waals surface area contributed by atoms with E-state index in [2.05, 4.69) is 19.7 Å². The maximum absolute atomic E-state index is 13.8. The van der Waals surface area contributed by atoms with Crippen molar-refractivity contribution in [3.63, 3.8) is 0 Å². The van der Waals surface area contributed by atoms with Crippen LogP contribution < -0.4 is 0 Å². The van der Waals surface area contributed by atoms with Crippen molar-refractivity contribution in [1.82, 2.24) is 34.3 Å². The average Bonchev–Trinajstić information content (AvgIpc) is 3.44. The molecule has 170 valence electrons. The van der Waals surface area contributed by atoms with Gasteiger partial charge in [0.1, 0.15) is 5.82 Å². The number of benzene rings is 1. The van der Waals surface area contributed by atoms with Crippen LogP contribution in [0, 0.1) is 6.92 Å². The van der Waals surface area contributed by atoms with Crippen LogP contribution in [0.5, 0.6) is 0 Å². The zero-order valence-corrected chi connectivity index (χ0v) is 19.2. The second-order valence-corrected chi connectivity index (χ2v) is 8.88. The molecule has 1 amide bonds. The first kappa shape index (κ1) is 20.5. The number of rotatable bonds is 3. The quantitative estimate of drug-likeness (QED) is 0.414. The van der Waals surface area contributed by atoms with Crippen LogP contribution in [0.15, 0.2) is 60.8 Å². The van der Waals surface area contributed by atoms with E-state index in [0.29, 0.717) is 18.7 Å². The molecule has 1 aliphatic heterocycles. The second kappa shape index (κ2) is 8.06. The minimum atomic E-state index is 0.0326. The Kier molecular flexibility index (Phi) is 4.86. The van der Waals surface area contributed by atoms with E-state index in [1.165, 1.54) is 0 Å². The maximum Gasteiger partial charge on any atom is 0.254 e. The molecular weight excluding hydrogens is 426 g/mol. The molecule has 5 heterocycles. The number of pyridine rings is 2. The molecule has 1 aromatic carbocycles. The van der Waals surface area contributed by atoms with E-state index >= 15 is 0 Å². The lowest BCUT2D eigenvalue weighted by Gasteiger charge is -2.31. The van der Waals surface area contributed by atoms with Gasteiger partial charge in [-0.3, -0.25) is 13.9 Å². The first-order valence-corrected chi connectivity index (χ1v) is 11.6. The smallest absolute Gasteiger partial charge is 0.254 e. The Morgan fingerprint density at radius 2 is 1.76 bits per heavy atom. The van der Waals surface area contributed by atoms with Crippen molar-refractivity contribution in [2.45, 2.75) is 25.7 Å². The molecule has 8 nitrogen and oxygen atoms in total. The molecule has 4 aromatic heterocycles. The molecule has 0 N–H and O–H groups in total. The Morgan fingerprint density at radius 3 is 2.56 bits per heavy atom. The van der Waals surface area contributed by atoms with E-state index in [1.54, 1.807) is 4.68 Å². The summed E-state index contributed by atoms with van der Waals surface area (Å²) in [6.45, 7) is 3.29. The topological polar surface area (TPSA) is 81.2 Å². The summed E-state index contributed by atoms with van der Waals surface area (Å²) in [5, 5.41) is 14.1. The molecule has 0 radical (unpaired) electrons. The van der Waals surface area contributed by atoms with Crippen molar-refractivity contribution in [2.24, 2.45) is 7.05 Å². The largest absolute Gasteiger partial charge is 0.339 e. The summed E-state index contributed by atoms with van der Waals surface area (Å²) in [7, 11) is 1.87. The summed E-state index contributed by atoms with van der Waals surface area (Å²) in [6, 6.07) is 17.8. The Hall–Kier alpha value is -4.07. The molecule has 0 aliphatic carbocycles. The monoisotopic (exact) mass is 451 g/mol. The average molecular weight is 452 g/mol. The molecule has 0 atom stereocenters. The van der Waals surface area contributed by atoms with Gasteiger partial charge < -0.3 is 4.90 Å². The predicted molar refractivity (Wildman–Crippen MR) is 130 cm³/mol. The lowest BCUT2D eigenvalue weighted by molar-refractivity contribution is 0.0713. The van der Waals surface area contributed by atoms with Crippen LogP contribution >= 0.6 is 0 Å². The van der Waals surface area contributed by atoms with E-state index < -0.39 is 0 Å². The maximum atomic E-state index is 13.8. The number of aromatic nitrogens is 6. The van der Waals surface area contributed by atoms with Crippen molar-refractivity contribution < 1.29 is 4.79 Å². The van der Waals surface area contributed by atoms with Crippen LogP contribution in [0.3, 0.4) is 0 Å². The molecule has 0 unspecified atom stereocenters.